The van der Waals surface area contributed by atoms with Crippen molar-refractivity contribution < 1.29 is 58.3 Å². The maximum atomic E-state index is 13.2. The van der Waals surface area contributed by atoms with Gasteiger partial charge in [0.15, 0.2) is 0 Å². The van der Waals surface area contributed by atoms with E-state index >= 15 is 0 Å². The summed E-state index contributed by atoms with van der Waals surface area (Å²) in [6.45, 7) is 7.04. The number of ether oxygens (including phenoxy) is 3. The number of methoxy groups -OCH3 is 1. The first-order chi connectivity index (χ1) is 22.6. The van der Waals surface area contributed by atoms with E-state index in [0.29, 0.717) is 18.4 Å². The van der Waals surface area contributed by atoms with Gasteiger partial charge in [-0.05, 0) is 69.9 Å². The highest BCUT2D eigenvalue weighted by Gasteiger charge is 2.31. The van der Waals surface area contributed by atoms with Crippen LogP contribution < -0.4 is 20.3 Å². The number of phenols is 1. The smallest absolute Gasteiger partial charge is 0.408 e. The van der Waals surface area contributed by atoms with Crippen molar-refractivity contribution in [2.75, 3.05) is 25.2 Å². The van der Waals surface area contributed by atoms with Gasteiger partial charge in [0.25, 0.3) is 0 Å². The Bertz CT molecular complexity index is 1450. The number of alkyl carbamates (subject to hydrolysis) is 1. The summed E-state index contributed by atoms with van der Waals surface area (Å²) in [5.41, 5.74) is -0.219. The Kier molecular flexibility index (Phi) is 14.7. The second-order valence-electron chi connectivity index (χ2n) is 11.7. The molecule has 0 radical (unpaired) electrons. The van der Waals surface area contributed by atoms with Crippen LogP contribution in [0.2, 0.25) is 0 Å². The Hall–Kier alpha value is -5.34. The molecule has 0 heterocycles. The van der Waals surface area contributed by atoms with Crippen molar-refractivity contribution in [3.8, 4) is 11.5 Å². The molecule has 2 aromatic carbocycles. The summed E-state index contributed by atoms with van der Waals surface area (Å²) in [5, 5.41) is 33.9. The van der Waals surface area contributed by atoms with Gasteiger partial charge in [-0.1, -0.05) is 25.1 Å². The van der Waals surface area contributed by atoms with Crippen molar-refractivity contribution in [2.45, 2.75) is 77.5 Å². The van der Waals surface area contributed by atoms with Gasteiger partial charge >= 0.3 is 29.9 Å². The predicted molar refractivity (Wildman–Crippen MR) is 172 cm³/mol. The number of aliphatic carboxylic acids is 2. The number of carboxylic acid groups (broad SMARTS) is 2. The lowest BCUT2D eigenvalue weighted by Gasteiger charge is -2.29. The number of phenolic OH excluding ortho intramolecular Hbond substituents is 1. The third kappa shape index (κ3) is 12.1. The monoisotopic (exact) mass is 673 g/mol. The third-order valence-corrected chi connectivity index (χ3v) is 6.83. The van der Waals surface area contributed by atoms with Crippen LogP contribution in [0.1, 0.15) is 69.3 Å². The first kappa shape index (κ1) is 38.8. The second-order valence-corrected chi connectivity index (χ2v) is 11.7. The van der Waals surface area contributed by atoms with E-state index in [-0.39, 0.29) is 48.7 Å². The Morgan fingerprint density at radius 2 is 1.62 bits per heavy atom. The highest BCUT2D eigenvalue weighted by molar-refractivity contribution is 6.37. The first-order valence-corrected chi connectivity index (χ1v) is 15.2. The Labute approximate surface area is 278 Å². The van der Waals surface area contributed by atoms with Crippen molar-refractivity contribution in [2.24, 2.45) is 0 Å². The van der Waals surface area contributed by atoms with Crippen LogP contribution in [-0.4, -0.2) is 89.1 Å². The normalized spacial score (nSPS) is 12.2. The third-order valence-electron chi connectivity index (χ3n) is 6.83. The lowest BCUT2D eigenvalue weighted by Crippen LogP contribution is -2.49. The zero-order valence-corrected chi connectivity index (χ0v) is 27.6. The van der Waals surface area contributed by atoms with Crippen LogP contribution in [0.5, 0.6) is 11.5 Å². The fourth-order valence-electron chi connectivity index (χ4n) is 4.60. The van der Waals surface area contributed by atoms with Gasteiger partial charge in [0.2, 0.25) is 5.91 Å². The minimum atomic E-state index is -1.74. The lowest BCUT2D eigenvalue weighted by molar-refractivity contribution is -0.149. The number of carbonyl (C=O) groups excluding carboxylic acids is 4. The molecule has 0 saturated carbocycles. The number of nitrogens with zero attached hydrogens (tertiary/aromatic N) is 1. The zero-order valence-electron chi connectivity index (χ0n) is 27.6. The maximum Gasteiger partial charge on any atom is 0.408 e. The number of carbonyl (C=O) groups is 6. The van der Waals surface area contributed by atoms with Crippen molar-refractivity contribution in [3.05, 3.63) is 53.6 Å². The van der Waals surface area contributed by atoms with E-state index in [1.54, 1.807) is 39.8 Å². The van der Waals surface area contributed by atoms with Crippen LogP contribution in [0.25, 0.3) is 0 Å². The summed E-state index contributed by atoms with van der Waals surface area (Å²) in [4.78, 5) is 74.1. The summed E-state index contributed by atoms with van der Waals surface area (Å²) in [6, 6.07) is 8.37. The van der Waals surface area contributed by atoms with Crippen LogP contribution in [0, 0.1) is 0 Å². The van der Waals surface area contributed by atoms with Gasteiger partial charge in [0.1, 0.15) is 28.7 Å². The molecule has 0 aliphatic heterocycles. The molecule has 15 heteroatoms. The lowest BCUT2D eigenvalue weighted by atomic mass is 10.0. The molecule has 5 N–H and O–H groups in total. The molecular formula is C33H43N3O12. The molecule has 2 atom stereocenters. The van der Waals surface area contributed by atoms with Gasteiger partial charge in [-0.15, -0.1) is 0 Å². The second kappa shape index (κ2) is 18.1. The fourth-order valence-corrected chi connectivity index (χ4v) is 4.60. The molecule has 3 amide bonds. The van der Waals surface area contributed by atoms with Gasteiger partial charge in [0.05, 0.1) is 20.1 Å². The molecule has 2 rings (SSSR count). The molecule has 15 nitrogen and oxygen atoms in total. The molecule has 262 valence electrons. The van der Waals surface area contributed by atoms with Crippen LogP contribution in [0.4, 0.5) is 10.5 Å². The summed E-state index contributed by atoms with van der Waals surface area (Å²) in [5.74, 6) is -5.60. The molecule has 0 aromatic heterocycles. The standard InChI is InChI=1S/C33H43N3O12/c1-6-21(19-26(38)39)36(29(41)30(42)43)22-14-12-20(13-15-22)18-23(35-32(45)48-33(2,3)4)28(40)34-16-7-8-17-47-25-11-9-10-24(37)27(25)31(44)46-5/h9-15,21,23,37H,6-8,16-19H2,1-5H3,(H,34,40)(H,35,45)(H,38,39)(H,42,43)/t21?,23-/m0/s1. The largest absolute Gasteiger partial charge is 0.507 e. The topological polar surface area (TPSA) is 218 Å². The van der Waals surface area contributed by atoms with Crippen molar-refractivity contribution >= 4 is 41.5 Å². The summed E-state index contributed by atoms with van der Waals surface area (Å²) >= 11 is 0. The summed E-state index contributed by atoms with van der Waals surface area (Å²) in [7, 11) is 1.19. The van der Waals surface area contributed by atoms with Crippen molar-refractivity contribution in [3.63, 3.8) is 0 Å². The highest BCUT2D eigenvalue weighted by atomic mass is 16.6. The number of rotatable bonds is 16. The number of anilines is 1. The number of carboxylic acids is 2. The van der Waals surface area contributed by atoms with Gasteiger partial charge in [-0.2, -0.15) is 0 Å². The van der Waals surface area contributed by atoms with E-state index in [9.17, 15) is 44.1 Å². The number of amides is 3. The predicted octanol–water partition coefficient (Wildman–Crippen LogP) is 3.26. The molecule has 0 bridgehead atoms. The SMILES string of the molecule is CCC(CC(=O)O)N(C(=O)C(=O)O)c1ccc(C[C@H](NC(=O)OC(C)(C)C)C(=O)NCCCCOc2cccc(O)c2C(=O)OC)cc1. The molecule has 0 fully saturated rings. The van der Waals surface area contributed by atoms with Gasteiger partial charge < -0.3 is 40.2 Å². The average molecular weight is 674 g/mol. The highest BCUT2D eigenvalue weighted by Crippen LogP contribution is 2.28. The van der Waals surface area contributed by atoms with Gasteiger partial charge in [-0.3, -0.25) is 19.3 Å². The summed E-state index contributed by atoms with van der Waals surface area (Å²) < 4.78 is 15.6. The minimum Gasteiger partial charge on any atom is -0.507 e. The zero-order chi connectivity index (χ0) is 36.0. The number of hydrogen-bond donors (Lipinski definition) is 5. The minimum absolute atomic E-state index is 0.00147. The van der Waals surface area contributed by atoms with E-state index in [1.807, 2.05) is 0 Å². The molecule has 0 aliphatic rings. The van der Waals surface area contributed by atoms with E-state index < -0.39 is 59.9 Å². The van der Waals surface area contributed by atoms with Crippen LogP contribution in [0.15, 0.2) is 42.5 Å². The molecule has 48 heavy (non-hydrogen) atoms. The Morgan fingerprint density at radius 1 is 0.958 bits per heavy atom. The van der Waals surface area contributed by atoms with Crippen LogP contribution >= 0.6 is 0 Å². The summed E-state index contributed by atoms with van der Waals surface area (Å²) in [6.07, 6.45) is -0.163. The quantitative estimate of drug-likeness (QED) is 0.0985. The molecule has 2 aromatic rings. The van der Waals surface area contributed by atoms with Crippen molar-refractivity contribution in [1.29, 1.82) is 0 Å². The molecule has 0 saturated heterocycles. The maximum absolute atomic E-state index is 13.2. The number of hydrogen-bond acceptors (Lipinski definition) is 10. The molecular weight excluding hydrogens is 630 g/mol. The van der Waals surface area contributed by atoms with Gasteiger partial charge in [0, 0.05) is 24.7 Å². The van der Waals surface area contributed by atoms with E-state index in [1.165, 1.54) is 37.4 Å². The van der Waals surface area contributed by atoms with E-state index in [2.05, 4.69) is 15.4 Å². The number of unbranched alkanes of at least 4 members (excludes halogenated alkanes) is 1. The van der Waals surface area contributed by atoms with Crippen LogP contribution in [0.3, 0.4) is 0 Å². The average Bonchev–Trinajstić information content (AvgIpc) is 3.01. The Balaban J connectivity index is 2.12. The van der Waals surface area contributed by atoms with Crippen molar-refractivity contribution in [1.82, 2.24) is 10.6 Å². The Morgan fingerprint density at radius 3 is 2.19 bits per heavy atom. The number of benzene rings is 2. The number of esters is 1. The molecule has 0 aliphatic carbocycles. The number of nitrogens with one attached hydrogen (secondary N) is 2. The molecule has 1 unspecified atom stereocenters. The fraction of sp³-hybridized carbons (Fsp3) is 0.455. The van der Waals surface area contributed by atoms with Crippen LogP contribution in [-0.2, 0) is 35.1 Å². The number of aromatic hydroxyl groups is 1. The van der Waals surface area contributed by atoms with Gasteiger partial charge in [-0.25, -0.2) is 14.4 Å². The molecule has 0 spiro atoms. The van der Waals surface area contributed by atoms with E-state index in [0.717, 1.165) is 4.90 Å². The van der Waals surface area contributed by atoms with E-state index in [4.69, 9.17) is 9.47 Å². The first-order valence-electron chi connectivity index (χ1n) is 15.2.